The first-order chi connectivity index (χ1) is 12.9. The molecule has 0 atom stereocenters. The van der Waals surface area contributed by atoms with E-state index in [1.54, 1.807) is 15.9 Å². The summed E-state index contributed by atoms with van der Waals surface area (Å²) in [6, 6.07) is 5.66. The summed E-state index contributed by atoms with van der Waals surface area (Å²) < 4.78 is 13.5. The molecule has 1 aromatic rings. The number of amides is 3. The third kappa shape index (κ3) is 6.16. The minimum Gasteiger partial charge on any atom is -0.356 e. The van der Waals surface area contributed by atoms with Crippen molar-refractivity contribution >= 4 is 23.5 Å². The largest absolute Gasteiger partial charge is 0.356 e. The van der Waals surface area contributed by atoms with E-state index in [1.807, 2.05) is 0 Å². The summed E-state index contributed by atoms with van der Waals surface area (Å²) in [4.78, 5) is 50.5. The van der Waals surface area contributed by atoms with E-state index in [4.69, 9.17) is 0 Å². The Kier molecular flexibility index (Phi) is 7.45. The van der Waals surface area contributed by atoms with Crippen LogP contribution in [0.3, 0.4) is 0 Å². The highest BCUT2D eigenvalue weighted by Gasteiger charge is 2.22. The smallest absolute Gasteiger partial charge is 0.224 e. The SMILES string of the molecule is CC(=O)N1CCN(C(=O)CCNC(=O)CCC(=O)c2ccccc2F)CC1. The Bertz CT molecular complexity index is 715. The number of benzene rings is 1. The monoisotopic (exact) mass is 377 g/mol. The highest BCUT2D eigenvalue weighted by atomic mass is 19.1. The standard InChI is InChI=1S/C19H24FN3O4/c1-14(24)22-10-12-23(13-11-22)19(27)8-9-21-18(26)7-6-17(25)15-4-2-3-5-16(15)20/h2-5H,6-13H2,1H3,(H,21,26). The molecule has 1 saturated heterocycles. The van der Waals surface area contributed by atoms with Gasteiger partial charge >= 0.3 is 0 Å². The zero-order valence-electron chi connectivity index (χ0n) is 15.4. The zero-order valence-corrected chi connectivity index (χ0v) is 15.4. The average Bonchev–Trinajstić information content (AvgIpc) is 2.66. The van der Waals surface area contributed by atoms with Crippen molar-refractivity contribution in [3.05, 3.63) is 35.6 Å². The summed E-state index contributed by atoms with van der Waals surface area (Å²) in [5, 5.41) is 2.60. The lowest BCUT2D eigenvalue weighted by atomic mass is 10.1. The predicted molar refractivity (Wildman–Crippen MR) is 96.4 cm³/mol. The second-order valence-corrected chi connectivity index (χ2v) is 6.39. The van der Waals surface area contributed by atoms with Crippen molar-refractivity contribution in [2.45, 2.75) is 26.2 Å². The van der Waals surface area contributed by atoms with E-state index < -0.39 is 11.6 Å². The maximum atomic E-state index is 13.5. The molecule has 0 spiro atoms. The number of hydrogen-bond acceptors (Lipinski definition) is 4. The van der Waals surface area contributed by atoms with Crippen LogP contribution in [-0.4, -0.2) is 66.0 Å². The number of carbonyl (C=O) groups is 4. The van der Waals surface area contributed by atoms with Gasteiger partial charge < -0.3 is 15.1 Å². The molecule has 1 aliphatic heterocycles. The fraction of sp³-hybridized carbons (Fsp3) is 0.474. The van der Waals surface area contributed by atoms with E-state index in [0.717, 1.165) is 0 Å². The minimum absolute atomic E-state index is 0.000654. The highest BCUT2D eigenvalue weighted by Crippen LogP contribution is 2.10. The number of hydrogen-bond donors (Lipinski definition) is 1. The van der Waals surface area contributed by atoms with Crippen LogP contribution in [0.1, 0.15) is 36.5 Å². The molecule has 1 N–H and O–H groups in total. The average molecular weight is 377 g/mol. The van der Waals surface area contributed by atoms with Gasteiger partial charge in [0.05, 0.1) is 5.56 Å². The van der Waals surface area contributed by atoms with Gasteiger partial charge in [0.1, 0.15) is 5.82 Å². The fourth-order valence-corrected chi connectivity index (χ4v) is 2.88. The lowest BCUT2D eigenvalue weighted by molar-refractivity contribution is -0.138. The van der Waals surface area contributed by atoms with Crippen LogP contribution in [-0.2, 0) is 14.4 Å². The van der Waals surface area contributed by atoms with Gasteiger partial charge in [-0.25, -0.2) is 4.39 Å². The van der Waals surface area contributed by atoms with Crippen LogP contribution in [0.2, 0.25) is 0 Å². The summed E-state index contributed by atoms with van der Waals surface area (Å²) in [6.45, 7) is 3.70. The van der Waals surface area contributed by atoms with Gasteiger partial charge in [-0.2, -0.15) is 0 Å². The van der Waals surface area contributed by atoms with Crippen molar-refractivity contribution < 1.29 is 23.6 Å². The molecule has 1 heterocycles. The van der Waals surface area contributed by atoms with Gasteiger partial charge in [-0.15, -0.1) is 0 Å². The lowest BCUT2D eigenvalue weighted by Crippen LogP contribution is -2.50. The fourth-order valence-electron chi connectivity index (χ4n) is 2.88. The topological polar surface area (TPSA) is 86.8 Å². The van der Waals surface area contributed by atoms with Crippen LogP contribution in [0.4, 0.5) is 4.39 Å². The van der Waals surface area contributed by atoms with Gasteiger partial charge in [0.15, 0.2) is 5.78 Å². The quantitative estimate of drug-likeness (QED) is 0.718. The number of carbonyl (C=O) groups excluding carboxylic acids is 4. The van der Waals surface area contributed by atoms with E-state index in [9.17, 15) is 23.6 Å². The first-order valence-corrected chi connectivity index (χ1v) is 8.96. The van der Waals surface area contributed by atoms with E-state index in [1.165, 1.54) is 25.1 Å². The highest BCUT2D eigenvalue weighted by molar-refractivity contribution is 5.98. The Labute approximate surface area is 157 Å². The van der Waals surface area contributed by atoms with Gasteiger partial charge in [-0.1, -0.05) is 12.1 Å². The number of piperazine rings is 1. The van der Waals surface area contributed by atoms with E-state index in [-0.39, 0.29) is 49.1 Å². The summed E-state index contributed by atoms with van der Waals surface area (Å²) in [6.07, 6.45) is 0.0133. The number of Topliss-reactive ketones (excluding diaryl/α,β-unsaturated/α-hetero) is 1. The van der Waals surface area contributed by atoms with Crippen LogP contribution in [0.25, 0.3) is 0 Å². The van der Waals surface area contributed by atoms with Gasteiger partial charge in [0.25, 0.3) is 0 Å². The summed E-state index contributed by atoms with van der Waals surface area (Å²) in [5.41, 5.74) is -0.0230. The third-order valence-corrected chi connectivity index (χ3v) is 4.49. The van der Waals surface area contributed by atoms with Crippen molar-refractivity contribution in [3.63, 3.8) is 0 Å². The summed E-state index contributed by atoms with van der Waals surface area (Å²) in [7, 11) is 0. The van der Waals surface area contributed by atoms with E-state index >= 15 is 0 Å². The maximum absolute atomic E-state index is 13.5. The molecule has 0 saturated carbocycles. The van der Waals surface area contributed by atoms with Gasteiger partial charge in [0.2, 0.25) is 17.7 Å². The van der Waals surface area contributed by atoms with Crippen molar-refractivity contribution in [3.8, 4) is 0 Å². The van der Waals surface area contributed by atoms with Crippen LogP contribution in [0, 0.1) is 5.82 Å². The van der Waals surface area contributed by atoms with Crippen LogP contribution in [0.5, 0.6) is 0 Å². The number of ketones is 1. The molecule has 0 aliphatic carbocycles. The van der Waals surface area contributed by atoms with E-state index in [2.05, 4.69) is 5.32 Å². The first-order valence-electron chi connectivity index (χ1n) is 8.96. The molecular formula is C19H24FN3O4. The molecule has 2 rings (SSSR count). The molecule has 8 heteroatoms. The molecule has 3 amide bonds. The van der Waals surface area contributed by atoms with Gasteiger partial charge in [-0.3, -0.25) is 19.2 Å². The number of nitrogens with zero attached hydrogens (tertiary/aromatic N) is 2. The molecule has 27 heavy (non-hydrogen) atoms. The Hall–Kier alpha value is -2.77. The van der Waals surface area contributed by atoms with Crippen molar-refractivity contribution in [2.75, 3.05) is 32.7 Å². The molecular weight excluding hydrogens is 353 g/mol. The molecule has 1 aromatic carbocycles. The van der Waals surface area contributed by atoms with E-state index in [0.29, 0.717) is 26.2 Å². The minimum atomic E-state index is -0.599. The van der Waals surface area contributed by atoms with Gasteiger partial charge in [-0.05, 0) is 12.1 Å². The Morgan fingerprint density at radius 1 is 0.963 bits per heavy atom. The molecule has 1 fully saturated rings. The summed E-state index contributed by atoms with van der Waals surface area (Å²) in [5.74, 6) is -1.46. The Balaban J connectivity index is 1.64. The van der Waals surface area contributed by atoms with Crippen LogP contribution in [0.15, 0.2) is 24.3 Å². The molecule has 0 unspecified atom stereocenters. The lowest BCUT2D eigenvalue weighted by Gasteiger charge is -2.34. The number of nitrogens with one attached hydrogen (secondary N) is 1. The first kappa shape index (κ1) is 20.5. The molecule has 0 aromatic heterocycles. The Morgan fingerprint density at radius 3 is 2.22 bits per heavy atom. The van der Waals surface area contributed by atoms with Crippen molar-refractivity contribution in [1.82, 2.24) is 15.1 Å². The molecule has 0 bridgehead atoms. The predicted octanol–water partition coefficient (Wildman–Crippen LogP) is 0.986. The third-order valence-electron chi connectivity index (χ3n) is 4.49. The summed E-state index contributed by atoms with van der Waals surface area (Å²) >= 11 is 0. The number of rotatable bonds is 7. The number of halogens is 1. The second-order valence-electron chi connectivity index (χ2n) is 6.39. The second kappa shape index (κ2) is 9.80. The molecule has 1 aliphatic rings. The molecule has 146 valence electrons. The normalized spacial score (nSPS) is 14.0. The zero-order chi connectivity index (χ0) is 19.8. The Morgan fingerprint density at radius 2 is 1.59 bits per heavy atom. The van der Waals surface area contributed by atoms with Crippen LogP contribution < -0.4 is 5.32 Å². The van der Waals surface area contributed by atoms with Gasteiger partial charge in [0, 0.05) is 58.9 Å². The van der Waals surface area contributed by atoms with Crippen molar-refractivity contribution in [2.24, 2.45) is 0 Å². The molecule has 7 nitrogen and oxygen atoms in total. The molecule has 0 radical (unpaired) electrons. The van der Waals surface area contributed by atoms with Crippen molar-refractivity contribution in [1.29, 1.82) is 0 Å². The van der Waals surface area contributed by atoms with Crippen LogP contribution >= 0.6 is 0 Å². The maximum Gasteiger partial charge on any atom is 0.224 e.